The minimum Gasteiger partial charge on any atom is -0.384 e. The zero-order chi connectivity index (χ0) is 15.3. The molecule has 0 aromatic carbocycles. The molecule has 0 unspecified atom stereocenters. The van der Waals surface area contributed by atoms with Gasteiger partial charge in [0.05, 0.1) is 0 Å². The summed E-state index contributed by atoms with van der Waals surface area (Å²) in [6, 6.07) is 4.93. The third kappa shape index (κ3) is 3.89. The van der Waals surface area contributed by atoms with Crippen LogP contribution in [-0.2, 0) is 16.6 Å². The number of pyridine rings is 1. The molecular formula is C14H14N2O3S2. The molecule has 0 radical (unpaired) electrons. The lowest BCUT2D eigenvalue weighted by atomic mass is 10.3. The van der Waals surface area contributed by atoms with Crippen molar-refractivity contribution >= 4 is 21.4 Å². The summed E-state index contributed by atoms with van der Waals surface area (Å²) in [7, 11) is -2.01. The summed E-state index contributed by atoms with van der Waals surface area (Å²) in [6.07, 6.45) is 2.86. The normalized spacial score (nSPS) is 11.2. The average molecular weight is 322 g/mol. The molecule has 2 rings (SSSR count). The molecule has 0 atom stereocenters. The van der Waals surface area contributed by atoms with E-state index in [4.69, 9.17) is 5.11 Å². The molecule has 0 aliphatic carbocycles. The van der Waals surface area contributed by atoms with Crippen LogP contribution in [0.25, 0.3) is 0 Å². The highest BCUT2D eigenvalue weighted by molar-refractivity contribution is 7.89. The van der Waals surface area contributed by atoms with Crippen LogP contribution in [-0.4, -0.2) is 36.5 Å². The SMILES string of the molecule is CN(Cc1cc(C#CCO)cs1)S(=O)(=O)c1cccnc1. The van der Waals surface area contributed by atoms with Crippen LogP contribution in [0.2, 0.25) is 0 Å². The summed E-state index contributed by atoms with van der Waals surface area (Å²) in [5.41, 5.74) is 0.774. The van der Waals surface area contributed by atoms with Gasteiger partial charge in [-0.25, -0.2) is 8.42 Å². The Balaban J connectivity index is 2.14. The lowest BCUT2D eigenvalue weighted by Gasteiger charge is -2.15. The second-order valence-corrected chi connectivity index (χ2v) is 7.25. The zero-order valence-electron chi connectivity index (χ0n) is 11.4. The molecular weight excluding hydrogens is 308 g/mol. The van der Waals surface area contributed by atoms with E-state index in [9.17, 15) is 8.42 Å². The second kappa shape index (κ2) is 6.83. The van der Waals surface area contributed by atoms with Crippen molar-refractivity contribution < 1.29 is 13.5 Å². The Morgan fingerprint density at radius 1 is 1.48 bits per heavy atom. The number of hydrogen-bond donors (Lipinski definition) is 1. The molecule has 0 fully saturated rings. The number of rotatable bonds is 4. The van der Waals surface area contributed by atoms with Crippen molar-refractivity contribution in [2.75, 3.05) is 13.7 Å². The van der Waals surface area contributed by atoms with Crippen molar-refractivity contribution in [1.82, 2.24) is 9.29 Å². The molecule has 5 nitrogen and oxygen atoms in total. The van der Waals surface area contributed by atoms with E-state index in [0.29, 0.717) is 0 Å². The van der Waals surface area contributed by atoms with Gasteiger partial charge in [-0.15, -0.1) is 11.3 Å². The lowest BCUT2D eigenvalue weighted by molar-refractivity contribution is 0.350. The van der Waals surface area contributed by atoms with E-state index in [1.807, 2.05) is 11.4 Å². The van der Waals surface area contributed by atoms with Crippen molar-refractivity contribution in [2.24, 2.45) is 0 Å². The smallest absolute Gasteiger partial charge is 0.244 e. The predicted octanol–water partition coefficient (Wildman–Crippen LogP) is 1.31. The van der Waals surface area contributed by atoms with Gasteiger partial charge in [0.15, 0.2) is 0 Å². The highest BCUT2D eigenvalue weighted by atomic mass is 32.2. The molecule has 0 aliphatic rings. The van der Waals surface area contributed by atoms with E-state index < -0.39 is 10.0 Å². The summed E-state index contributed by atoms with van der Waals surface area (Å²) in [5, 5.41) is 10.5. The van der Waals surface area contributed by atoms with E-state index in [1.54, 1.807) is 6.07 Å². The molecule has 0 aliphatic heterocycles. The van der Waals surface area contributed by atoms with Gasteiger partial charge in [0.25, 0.3) is 0 Å². The molecule has 2 heterocycles. The summed E-state index contributed by atoms with van der Waals surface area (Å²) in [5.74, 6) is 5.35. The van der Waals surface area contributed by atoms with Gasteiger partial charge in [0, 0.05) is 41.8 Å². The van der Waals surface area contributed by atoms with E-state index in [2.05, 4.69) is 16.8 Å². The maximum atomic E-state index is 12.3. The molecule has 7 heteroatoms. The number of aliphatic hydroxyl groups is 1. The van der Waals surface area contributed by atoms with Crippen LogP contribution in [0.5, 0.6) is 0 Å². The Morgan fingerprint density at radius 2 is 2.29 bits per heavy atom. The van der Waals surface area contributed by atoms with Gasteiger partial charge >= 0.3 is 0 Å². The summed E-state index contributed by atoms with van der Waals surface area (Å²) in [6.45, 7) is 0.0726. The minimum absolute atomic E-state index is 0.171. The zero-order valence-corrected chi connectivity index (χ0v) is 13.0. The highest BCUT2D eigenvalue weighted by Gasteiger charge is 2.21. The van der Waals surface area contributed by atoms with Crippen molar-refractivity contribution in [3.63, 3.8) is 0 Å². The molecule has 0 saturated heterocycles. The van der Waals surface area contributed by atoms with Crippen LogP contribution in [0.4, 0.5) is 0 Å². The molecule has 110 valence electrons. The number of aliphatic hydroxyl groups excluding tert-OH is 1. The number of hydrogen-bond acceptors (Lipinski definition) is 5. The van der Waals surface area contributed by atoms with E-state index in [-0.39, 0.29) is 18.0 Å². The number of aromatic nitrogens is 1. The molecule has 0 spiro atoms. The largest absolute Gasteiger partial charge is 0.384 e. The maximum absolute atomic E-state index is 12.3. The van der Waals surface area contributed by atoms with Crippen LogP contribution in [0.1, 0.15) is 10.4 Å². The monoisotopic (exact) mass is 322 g/mol. The summed E-state index contributed by atoms with van der Waals surface area (Å²) < 4.78 is 26.0. The molecule has 2 aromatic rings. The second-order valence-electron chi connectivity index (χ2n) is 4.21. The van der Waals surface area contributed by atoms with Crippen LogP contribution in [0, 0.1) is 11.8 Å². The molecule has 0 saturated carbocycles. The average Bonchev–Trinajstić information content (AvgIpc) is 2.93. The topological polar surface area (TPSA) is 70.5 Å². The van der Waals surface area contributed by atoms with Crippen molar-refractivity contribution in [3.8, 4) is 11.8 Å². The molecule has 0 amide bonds. The van der Waals surface area contributed by atoms with Crippen molar-refractivity contribution in [1.29, 1.82) is 0 Å². The minimum atomic E-state index is -3.54. The van der Waals surface area contributed by atoms with Crippen LogP contribution in [0.3, 0.4) is 0 Å². The Bertz CT molecular complexity index is 758. The molecule has 0 bridgehead atoms. The van der Waals surface area contributed by atoms with Gasteiger partial charge < -0.3 is 5.11 Å². The first-order valence-corrected chi connectivity index (χ1v) is 8.39. The van der Waals surface area contributed by atoms with E-state index >= 15 is 0 Å². The van der Waals surface area contributed by atoms with Crippen molar-refractivity contribution in [3.05, 3.63) is 46.4 Å². The summed E-state index contributed by atoms with van der Waals surface area (Å²) >= 11 is 1.43. The van der Waals surface area contributed by atoms with Crippen LogP contribution < -0.4 is 0 Å². The fourth-order valence-corrected chi connectivity index (χ4v) is 3.72. The van der Waals surface area contributed by atoms with E-state index in [1.165, 1.54) is 41.1 Å². The van der Waals surface area contributed by atoms with E-state index in [0.717, 1.165) is 10.4 Å². The van der Waals surface area contributed by atoms with Gasteiger partial charge in [-0.1, -0.05) is 11.8 Å². The number of thiophene rings is 1. The Hall–Kier alpha value is -1.72. The fourth-order valence-electron chi connectivity index (χ4n) is 1.65. The molecule has 2 aromatic heterocycles. The number of nitrogens with zero attached hydrogens (tertiary/aromatic N) is 2. The third-order valence-corrected chi connectivity index (χ3v) is 5.40. The first kappa shape index (κ1) is 15.7. The Kier molecular flexibility index (Phi) is 5.09. The highest BCUT2D eigenvalue weighted by Crippen LogP contribution is 2.20. The van der Waals surface area contributed by atoms with Crippen LogP contribution in [0.15, 0.2) is 40.9 Å². The van der Waals surface area contributed by atoms with Crippen LogP contribution >= 0.6 is 11.3 Å². The molecule has 21 heavy (non-hydrogen) atoms. The third-order valence-electron chi connectivity index (χ3n) is 2.69. The standard InChI is InChI=1S/C14H14N2O3S2/c1-16(21(18,19)14-5-2-6-15-9-14)10-13-8-12(11-20-13)4-3-7-17/h2,5-6,8-9,11,17H,7,10H2,1H3. The first-order valence-electron chi connectivity index (χ1n) is 6.07. The lowest BCUT2D eigenvalue weighted by Crippen LogP contribution is -2.26. The maximum Gasteiger partial charge on any atom is 0.244 e. The van der Waals surface area contributed by atoms with Crippen molar-refractivity contribution in [2.45, 2.75) is 11.4 Å². The van der Waals surface area contributed by atoms with Gasteiger partial charge in [-0.3, -0.25) is 4.98 Å². The summed E-state index contributed by atoms with van der Waals surface area (Å²) in [4.78, 5) is 4.89. The number of sulfonamides is 1. The quantitative estimate of drug-likeness (QED) is 0.862. The first-order chi connectivity index (χ1) is 10.0. The van der Waals surface area contributed by atoms with Gasteiger partial charge in [0.1, 0.15) is 11.5 Å². The molecule has 1 N–H and O–H groups in total. The van der Waals surface area contributed by atoms with Gasteiger partial charge in [-0.2, -0.15) is 4.31 Å². The van der Waals surface area contributed by atoms with Gasteiger partial charge in [-0.05, 0) is 18.2 Å². The van der Waals surface area contributed by atoms with Gasteiger partial charge in [0.2, 0.25) is 10.0 Å². The predicted molar refractivity (Wildman–Crippen MR) is 81.2 cm³/mol. The Morgan fingerprint density at radius 3 is 2.95 bits per heavy atom. The fraction of sp³-hybridized carbons (Fsp3) is 0.214. The Labute approximate surface area is 127 Å².